The fourth-order valence-electron chi connectivity index (χ4n) is 1.58. The van der Waals surface area contributed by atoms with Gasteiger partial charge in [0.25, 0.3) is 0 Å². The van der Waals surface area contributed by atoms with Crippen molar-refractivity contribution in [3.05, 3.63) is 35.4 Å². The van der Waals surface area contributed by atoms with Gasteiger partial charge in [-0.1, -0.05) is 24.3 Å². The summed E-state index contributed by atoms with van der Waals surface area (Å²) in [6.45, 7) is 0.108. The first-order valence-corrected chi connectivity index (χ1v) is 5.87. The number of carboxylic acids is 1. The molecule has 108 valence electrons. The summed E-state index contributed by atoms with van der Waals surface area (Å²) in [5.74, 6) is -1.62. The van der Waals surface area contributed by atoms with E-state index >= 15 is 0 Å². The van der Waals surface area contributed by atoms with E-state index in [1.165, 1.54) is 7.11 Å². The molecule has 7 nitrogen and oxygen atoms in total. The number of nitrogens with one attached hydrogen (secondary N) is 1. The summed E-state index contributed by atoms with van der Waals surface area (Å²) in [6.07, 6.45) is -0.917. The quantitative estimate of drug-likeness (QED) is 0.654. The van der Waals surface area contributed by atoms with Crippen LogP contribution in [-0.2, 0) is 16.1 Å². The SMILES string of the molecule is COC(=O)NCc1ccccc1C(=O)CC(N)C(=O)O. The van der Waals surface area contributed by atoms with Crippen molar-refractivity contribution >= 4 is 17.8 Å². The van der Waals surface area contributed by atoms with Crippen molar-refractivity contribution in [2.75, 3.05) is 7.11 Å². The monoisotopic (exact) mass is 280 g/mol. The maximum Gasteiger partial charge on any atom is 0.407 e. The molecule has 0 aliphatic rings. The summed E-state index contributed by atoms with van der Waals surface area (Å²) in [4.78, 5) is 33.7. The Balaban J connectivity index is 2.81. The van der Waals surface area contributed by atoms with Crippen LogP contribution in [0.4, 0.5) is 4.79 Å². The lowest BCUT2D eigenvalue weighted by Gasteiger charge is -2.11. The van der Waals surface area contributed by atoms with Crippen molar-refractivity contribution in [2.24, 2.45) is 5.73 Å². The Labute approximate surface area is 115 Å². The molecule has 1 atom stereocenters. The summed E-state index contributed by atoms with van der Waals surface area (Å²) in [7, 11) is 1.23. The van der Waals surface area contributed by atoms with E-state index in [1.54, 1.807) is 24.3 Å². The van der Waals surface area contributed by atoms with E-state index in [-0.39, 0.29) is 18.7 Å². The molecule has 4 N–H and O–H groups in total. The highest BCUT2D eigenvalue weighted by molar-refractivity contribution is 5.99. The second-order valence-corrected chi connectivity index (χ2v) is 4.07. The number of methoxy groups -OCH3 is 1. The zero-order chi connectivity index (χ0) is 15.1. The highest BCUT2D eigenvalue weighted by Crippen LogP contribution is 2.12. The molecule has 1 aromatic rings. The van der Waals surface area contributed by atoms with Crippen molar-refractivity contribution in [1.29, 1.82) is 0 Å². The number of Topliss-reactive ketones (excluding diaryl/α,β-unsaturated/α-hetero) is 1. The molecule has 0 fully saturated rings. The predicted molar refractivity (Wildman–Crippen MR) is 70.2 cm³/mol. The minimum atomic E-state index is -1.25. The highest BCUT2D eigenvalue weighted by Gasteiger charge is 2.19. The number of carbonyl (C=O) groups is 3. The minimum Gasteiger partial charge on any atom is -0.480 e. The molecular formula is C13H16N2O5. The molecule has 1 aromatic carbocycles. The number of hydrogen-bond donors (Lipinski definition) is 3. The van der Waals surface area contributed by atoms with Crippen LogP contribution in [0.15, 0.2) is 24.3 Å². The third-order valence-corrected chi connectivity index (χ3v) is 2.65. The molecular weight excluding hydrogens is 264 g/mol. The summed E-state index contributed by atoms with van der Waals surface area (Å²) in [5.41, 5.74) is 6.24. The van der Waals surface area contributed by atoms with Crippen LogP contribution in [0.25, 0.3) is 0 Å². The maximum absolute atomic E-state index is 12.0. The first kappa shape index (κ1) is 15.6. The summed E-state index contributed by atoms with van der Waals surface area (Å²) < 4.78 is 4.44. The Bertz CT molecular complexity index is 515. The van der Waals surface area contributed by atoms with Crippen LogP contribution in [-0.4, -0.2) is 36.1 Å². The second kappa shape index (κ2) is 7.25. The number of aliphatic carboxylic acids is 1. The van der Waals surface area contributed by atoms with Gasteiger partial charge in [-0.15, -0.1) is 0 Å². The minimum absolute atomic E-state index is 0.108. The molecule has 0 saturated heterocycles. The Morgan fingerprint density at radius 2 is 2.00 bits per heavy atom. The normalized spacial score (nSPS) is 11.5. The number of alkyl carbamates (subject to hydrolysis) is 1. The number of nitrogens with two attached hydrogens (primary N) is 1. The van der Waals surface area contributed by atoms with E-state index in [1.807, 2.05) is 0 Å². The van der Waals surface area contributed by atoms with E-state index in [0.717, 1.165) is 0 Å². The predicted octanol–water partition coefficient (Wildman–Crippen LogP) is 0.527. The number of ketones is 1. The molecule has 0 aliphatic carbocycles. The fourth-order valence-corrected chi connectivity index (χ4v) is 1.58. The van der Waals surface area contributed by atoms with Gasteiger partial charge in [0.15, 0.2) is 5.78 Å². The van der Waals surface area contributed by atoms with E-state index in [9.17, 15) is 14.4 Å². The van der Waals surface area contributed by atoms with Crippen LogP contribution in [0.5, 0.6) is 0 Å². The Kier molecular flexibility index (Phi) is 5.67. The van der Waals surface area contributed by atoms with Crippen LogP contribution < -0.4 is 11.1 Å². The number of carboxylic acid groups (broad SMARTS) is 1. The van der Waals surface area contributed by atoms with Gasteiger partial charge in [-0.05, 0) is 5.56 Å². The van der Waals surface area contributed by atoms with Crippen molar-refractivity contribution in [3.8, 4) is 0 Å². The van der Waals surface area contributed by atoms with Gasteiger partial charge < -0.3 is 20.9 Å². The largest absolute Gasteiger partial charge is 0.480 e. The topological polar surface area (TPSA) is 119 Å². The molecule has 0 aliphatic heterocycles. The molecule has 1 rings (SSSR count). The molecule has 0 radical (unpaired) electrons. The lowest BCUT2D eigenvalue weighted by molar-refractivity contribution is -0.138. The smallest absolute Gasteiger partial charge is 0.407 e. The first-order chi connectivity index (χ1) is 9.45. The third kappa shape index (κ3) is 4.36. The molecule has 0 bridgehead atoms. The molecule has 0 aromatic heterocycles. The van der Waals surface area contributed by atoms with Crippen molar-refractivity contribution in [2.45, 2.75) is 19.0 Å². The third-order valence-electron chi connectivity index (χ3n) is 2.65. The molecule has 0 spiro atoms. The summed E-state index contributed by atoms with van der Waals surface area (Å²) in [6, 6.07) is 5.34. The van der Waals surface area contributed by atoms with Crippen LogP contribution in [0.3, 0.4) is 0 Å². The Morgan fingerprint density at radius 3 is 2.60 bits per heavy atom. The standard InChI is InChI=1S/C13H16N2O5/c1-20-13(19)15-7-8-4-2-3-5-9(8)11(16)6-10(14)12(17)18/h2-5,10H,6-7,14H2,1H3,(H,15,19)(H,17,18). The Morgan fingerprint density at radius 1 is 1.35 bits per heavy atom. The van der Waals surface area contributed by atoms with Crippen molar-refractivity contribution in [3.63, 3.8) is 0 Å². The number of rotatable bonds is 6. The van der Waals surface area contributed by atoms with Gasteiger partial charge in [-0.3, -0.25) is 9.59 Å². The van der Waals surface area contributed by atoms with Gasteiger partial charge in [0.2, 0.25) is 0 Å². The van der Waals surface area contributed by atoms with Gasteiger partial charge in [0.1, 0.15) is 6.04 Å². The molecule has 7 heteroatoms. The number of carbonyl (C=O) groups excluding carboxylic acids is 2. The number of amides is 1. The summed E-state index contributed by atoms with van der Waals surface area (Å²) in [5, 5.41) is 11.2. The lowest BCUT2D eigenvalue weighted by Crippen LogP contribution is -2.33. The second-order valence-electron chi connectivity index (χ2n) is 4.07. The average Bonchev–Trinajstić information content (AvgIpc) is 2.44. The van der Waals surface area contributed by atoms with Gasteiger partial charge in [0, 0.05) is 18.5 Å². The van der Waals surface area contributed by atoms with E-state index in [4.69, 9.17) is 10.8 Å². The van der Waals surface area contributed by atoms with Gasteiger partial charge >= 0.3 is 12.1 Å². The Hall–Kier alpha value is -2.41. The molecule has 1 amide bonds. The molecule has 0 heterocycles. The van der Waals surface area contributed by atoms with E-state index < -0.39 is 18.1 Å². The molecule has 1 unspecified atom stereocenters. The number of hydrogen-bond acceptors (Lipinski definition) is 5. The van der Waals surface area contributed by atoms with Crippen molar-refractivity contribution < 1.29 is 24.2 Å². The van der Waals surface area contributed by atoms with Gasteiger partial charge in [0.05, 0.1) is 7.11 Å². The van der Waals surface area contributed by atoms with Crippen LogP contribution in [0, 0.1) is 0 Å². The number of ether oxygens (including phenoxy) is 1. The number of benzene rings is 1. The van der Waals surface area contributed by atoms with Gasteiger partial charge in [-0.2, -0.15) is 0 Å². The first-order valence-electron chi connectivity index (χ1n) is 5.87. The molecule has 20 heavy (non-hydrogen) atoms. The van der Waals surface area contributed by atoms with E-state index in [0.29, 0.717) is 11.1 Å². The average molecular weight is 280 g/mol. The van der Waals surface area contributed by atoms with Crippen LogP contribution >= 0.6 is 0 Å². The van der Waals surface area contributed by atoms with Crippen LogP contribution in [0.1, 0.15) is 22.3 Å². The van der Waals surface area contributed by atoms with Crippen LogP contribution in [0.2, 0.25) is 0 Å². The van der Waals surface area contributed by atoms with Gasteiger partial charge in [-0.25, -0.2) is 4.79 Å². The zero-order valence-electron chi connectivity index (χ0n) is 11.0. The lowest BCUT2D eigenvalue weighted by atomic mass is 9.99. The maximum atomic E-state index is 12.0. The van der Waals surface area contributed by atoms with E-state index in [2.05, 4.69) is 10.1 Å². The highest BCUT2D eigenvalue weighted by atomic mass is 16.5. The summed E-state index contributed by atoms with van der Waals surface area (Å²) >= 11 is 0. The zero-order valence-corrected chi connectivity index (χ0v) is 11.0. The molecule has 0 saturated carbocycles. The fraction of sp³-hybridized carbons (Fsp3) is 0.308. The van der Waals surface area contributed by atoms with Crippen molar-refractivity contribution in [1.82, 2.24) is 5.32 Å².